The van der Waals surface area contributed by atoms with Gasteiger partial charge in [-0.3, -0.25) is 19.3 Å². The Morgan fingerprint density at radius 3 is 2.45 bits per heavy atom. The zero-order valence-electron chi connectivity index (χ0n) is 16.7. The van der Waals surface area contributed by atoms with E-state index < -0.39 is 5.97 Å². The summed E-state index contributed by atoms with van der Waals surface area (Å²) >= 11 is 6.44. The van der Waals surface area contributed by atoms with Crippen LogP contribution in [0.2, 0.25) is 0 Å². The zero-order chi connectivity index (χ0) is 21.4. The van der Waals surface area contributed by atoms with Gasteiger partial charge in [0.1, 0.15) is 10.1 Å². The van der Waals surface area contributed by atoms with Gasteiger partial charge in [-0.05, 0) is 37.6 Å². The first-order valence-electron chi connectivity index (χ1n) is 9.22. The lowest BCUT2D eigenvalue weighted by molar-refractivity contribution is -0.141. The molecule has 0 unspecified atom stereocenters. The standard InChI is InChI=1S/C20H24N2O5S2/c1-4-21(5-2)17(23)13-27-15-8-6-14(7-9-15)12-16-19(25)22(20(28)29-16)11-10-18(24)26-3/h6-9,12H,4-5,10-11,13H2,1-3H3/b16-12+. The maximum Gasteiger partial charge on any atom is 0.307 e. The molecule has 1 aliphatic rings. The van der Waals surface area contributed by atoms with Gasteiger partial charge in [0.2, 0.25) is 0 Å². The van der Waals surface area contributed by atoms with Crippen LogP contribution in [0.15, 0.2) is 29.2 Å². The highest BCUT2D eigenvalue weighted by atomic mass is 32.2. The largest absolute Gasteiger partial charge is 0.484 e. The van der Waals surface area contributed by atoms with Gasteiger partial charge in [-0.2, -0.15) is 0 Å². The van der Waals surface area contributed by atoms with Crippen molar-refractivity contribution in [1.29, 1.82) is 0 Å². The summed E-state index contributed by atoms with van der Waals surface area (Å²) in [6, 6.07) is 7.11. The number of thiocarbonyl (C=S) groups is 1. The molecule has 156 valence electrons. The topological polar surface area (TPSA) is 76.2 Å². The van der Waals surface area contributed by atoms with Crippen LogP contribution in [0, 0.1) is 0 Å². The Hall–Kier alpha value is -2.39. The van der Waals surface area contributed by atoms with Gasteiger partial charge < -0.3 is 14.4 Å². The number of methoxy groups -OCH3 is 1. The Bertz CT molecular complexity index is 804. The van der Waals surface area contributed by atoms with Crippen molar-refractivity contribution in [2.75, 3.05) is 33.4 Å². The van der Waals surface area contributed by atoms with Crippen LogP contribution < -0.4 is 4.74 Å². The molecule has 1 saturated heterocycles. The van der Waals surface area contributed by atoms with E-state index in [2.05, 4.69) is 4.74 Å². The Balaban J connectivity index is 1.97. The molecule has 1 aromatic rings. The number of ether oxygens (including phenoxy) is 2. The molecule has 9 heteroatoms. The molecule has 0 bridgehead atoms. The van der Waals surface area contributed by atoms with Crippen LogP contribution in [0.3, 0.4) is 0 Å². The van der Waals surface area contributed by atoms with Crippen molar-refractivity contribution in [3.05, 3.63) is 34.7 Å². The van der Waals surface area contributed by atoms with Crippen molar-refractivity contribution in [2.24, 2.45) is 0 Å². The molecule has 0 saturated carbocycles. The van der Waals surface area contributed by atoms with Crippen molar-refractivity contribution in [3.63, 3.8) is 0 Å². The summed E-state index contributed by atoms with van der Waals surface area (Å²) in [6.45, 7) is 5.33. The fraction of sp³-hybridized carbons (Fsp3) is 0.400. The predicted molar refractivity (Wildman–Crippen MR) is 116 cm³/mol. The maximum atomic E-state index is 12.5. The van der Waals surface area contributed by atoms with Crippen LogP contribution in [0.4, 0.5) is 0 Å². The van der Waals surface area contributed by atoms with Crippen LogP contribution in [0.1, 0.15) is 25.8 Å². The highest BCUT2D eigenvalue weighted by Crippen LogP contribution is 2.32. The normalized spacial score (nSPS) is 15.0. The maximum absolute atomic E-state index is 12.5. The summed E-state index contributed by atoms with van der Waals surface area (Å²) in [5.74, 6) is -0.102. The summed E-state index contributed by atoms with van der Waals surface area (Å²) in [6.07, 6.45) is 1.83. The Kier molecular flexibility index (Phi) is 8.66. The number of esters is 1. The molecule has 0 spiro atoms. The molecule has 1 fully saturated rings. The first-order chi connectivity index (χ1) is 13.9. The van der Waals surface area contributed by atoms with Crippen LogP contribution >= 0.6 is 24.0 Å². The monoisotopic (exact) mass is 436 g/mol. The minimum absolute atomic E-state index is 0.0140. The van der Waals surface area contributed by atoms with Crippen LogP contribution in [-0.4, -0.2) is 65.3 Å². The van der Waals surface area contributed by atoms with Gasteiger partial charge in [0, 0.05) is 19.6 Å². The highest BCUT2D eigenvalue weighted by molar-refractivity contribution is 8.26. The van der Waals surface area contributed by atoms with Crippen LogP contribution in [0.5, 0.6) is 5.75 Å². The molecule has 7 nitrogen and oxygen atoms in total. The van der Waals surface area contributed by atoms with E-state index in [1.54, 1.807) is 35.2 Å². The number of amides is 2. The quantitative estimate of drug-likeness (QED) is 0.335. The molecule has 1 heterocycles. The van der Waals surface area contributed by atoms with Crippen LogP contribution in [-0.2, 0) is 19.1 Å². The molecule has 0 radical (unpaired) electrons. The average molecular weight is 437 g/mol. The average Bonchev–Trinajstić information content (AvgIpc) is 2.99. The molecule has 29 heavy (non-hydrogen) atoms. The van der Waals surface area contributed by atoms with Crippen LogP contribution in [0.25, 0.3) is 6.08 Å². The summed E-state index contributed by atoms with van der Waals surface area (Å²) < 4.78 is 10.6. The molecule has 2 amide bonds. The third-order valence-electron chi connectivity index (χ3n) is 4.30. The van der Waals surface area contributed by atoms with Gasteiger partial charge in [-0.15, -0.1) is 0 Å². The molecular formula is C20H24N2O5S2. The van der Waals surface area contributed by atoms with Crippen molar-refractivity contribution < 1.29 is 23.9 Å². The first-order valence-corrected chi connectivity index (χ1v) is 10.4. The number of likely N-dealkylation sites (N-methyl/N-ethyl adjacent to an activating group) is 1. The number of benzene rings is 1. The van der Waals surface area contributed by atoms with Gasteiger partial charge in [0.25, 0.3) is 11.8 Å². The van der Waals surface area contributed by atoms with Gasteiger partial charge in [0.15, 0.2) is 6.61 Å². The first kappa shape index (κ1) is 22.9. The third-order valence-corrected chi connectivity index (χ3v) is 5.67. The van der Waals surface area contributed by atoms with E-state index in [1.165, 1.54) is 23.8 Å². The number of nitrogens with zero attached hydrogens (tertiary/aromatic N) is 2. The molecule has 0 aliphatic carbocycles. The van der Waals surface area contributed by atoms with E-state index in [-0.39, 0.29) is 31.4 Å². The minimum atomic E-state index is -0.391. The van der Waals surface area contributed by atoms with E-state index >= 15 is 0 Å². The minimum Gasteiger partial charge on any atom is -0.484 e. The van der Waals surface area contributed by atoms with Gasteiger partial charge >= 0.3 is 5.97 Å². The van der Waals surface area contributed by atoms with E-state index in [1.807, 2.05) is 13.8 Å². The summed E-state index contributed by atoms with van der Waals surface area (Å²) in [5, 5.41) is 0. The van der Waals surface area contributed by atoms with E-state index in [4.69, 9.17) is 17.0 Å². The SMILES string of the molecule is CCN(CC)C(=O)COc1ccc(/C=C2/SC(=S)N(CCC(=O)OC)C2=O)cc1. The van der Waals surface area contributed by atoms with Crippen molar-refractivity contribution in [2.45, 2.75) is 20.3 Å². The van der Waals surface area contributed by atoms with Crippen molar-refractivity contribution in [3.8, 4) is 5.75 Å². The zero-order valence-corrected chi connectivity index (χ0v) is 18.3. The molecule has 2 rings (SSSR count). The second-order valence-electron chi connectivity index (χ2n) is 6.08. The van der Waals surface area contributed by atoms with Crippen molar-refractivity contribution in [1.82, 2.24) is 9.80 Å². The van der Waals surface area contributed by atoms with Gasteiger partial charge in [-0.1, -0.05) is 36.1 Å². The highest BCUT2D eigenvalue weighted by Gasteiger charge is 2.32. The Labute approximate surface area is 180 Å². The van der Waals surface area contributed by atoms with Crippen molar-refractivity contribution >= 4 is 52.2 Å². The van der Waals surface area contributed by atoms with E-state index in [0.717, 1.165) is 5.56 Å². The smallest absolute Gasteiger partial charge is 0.307 e. The lowest BCUT2D eigenvalue weighted by Gasteiger charge is -2.18. The molecule has 0 aromatic heterocycles. The Morgan fingerprint density at radius 1 is 1.21 bits per heavy atom. The molecule has 0 atom stereocenters. The molecule has 0 N–H and O–H groups in total. The second-order valence-corrected chi connectivity index (χ2v) is 7.76. The fourth-order valence-corrected chi connectivity index (χ4v) is 3.93. The number of carbonyl (C=O) groups excluding carboxylic acids is 3. The number of thioether (sulfide) groups is 1. The lowest BCUT2D eigenvalue weighted by Crippen LogP contribution is -2.34. The Morgan fingerprint density at radius 2 is 1.86 bits per heavy atom. The number of carbonyl (C=O) groups is 3. The molecule has 1 aromatic carbocycles. The van der Waals surface area contributed by atoms with E-state index in [9.17, 15) is 14.4 Å². The molecule has 1 aliphatic heterocycles. The summed E-state index contributed by atoms with van der Waals surface area (Å²) in [4.78, 5) is 39.4. The van der Waals surface area contributed by atoms with Gasteiger partial charge in [-0.25, -0.2) is 0 Å². The fourth-order valence-electron chi connectivity index (χ4n) is 2.62. The van der Waals surface area contributed by atoms with E-state index in [0.29, 0.717) is 28.1 Å². The lowest BCUT2D eigenvalue weighted by atomic mass is 10.2. The predicted octanol–water partition coefficient (Wildman–Crippen LogP) is 2.70. The third kappa shape index (κ3) is 6.30. The number of hydrogen-bond donors (Lipinski definition) is 0. The van der Waals surface area contributed by atoms with Gasteiger partial charge in [0.05, 0.1) is 18.4 Å². The summed E-state index contributed by atoms with van der Waals surface area (Å²) in [5.41, 5.74) is 0.806. The summed E-state index contributed by atoms with van der Waals surface area (Å²) in [7, 11) is 1.31. The number of rotatable bonds is 9. The molecular weight excluding hydrogens is 412 g/mol. The second kappa shape index (κ2) is 11.0. The number of hydrogen-bond acceptors (Lipinski definition) is 7.